The molecule has 4 heteroatoms. The number of nitrogens with zero attached hydrogens (tertiary/aromatic N) is 1. The van der Waals surface area contributed by atoms with Crippen molar-refractivity contribution >= 4 is 23.1 Å². The summed E-state index contributed by atoms with van der Waals surface area (Å²) in [7, 11) is 0. The molecule has 0 unspecified atom stereocenters. The Bertz CT molecular complexity index is 771. The van der Waals surface area contributed by atoms with Crippen LogP contribution in [0.4, 0.5) is 17.2 Å². The van der Waals surface area contributed by atoms with Crippen molar-refractivity contribution in [1.82, 2.24) is 4.98 Å². The van der Waals surface area contributed by atoms with Crippen LogP contribution in [-0.4, -0.2) is 10.9 Å². The average molecular weight is 450 g/mol. The van der Waals surface area contributed by atoms with E-state index in [-0.39, 0.29) is 5.91 Å². The van der Waals surface area contributed by atoms with E-state index in [1.165, 1.54) is 70.6 Å². The molecule has 1 aromatic carbocycles. The van der Waals surface area contributed by atoms with Gasteiger partial charge in [-0.1, -0.05) is 88.6 Å². The van der Waals surface area contributed by atoms with Gasteiger partial charge in [-0.15, -0.1) is 0 Å². The van der Waals surface area contributed by atoms with Crippen LogP contribution in [0.5, 0.6) is 0 Å². The number of para-hydroxylation sites is 1. The topological polar surface area (TPSA) is 54.0 Å². The van der Waals surface area contributed by atoms with Gasteiger partial charge < -0.3 is 10.6 Å². The van der Waals surface area contributed by atoms with Gasteiger partial charge in [0.05, 0.1) is 11.9 Å². The SMILES string of the molecule is CCCCCCCC/C=C/CCCCCCCC(=O)Nc1ccc(Nc2ccccc2)nc1. The second-order valence-electron chi connectivity index (χ2n) is 8.81. The molecule has 0 bridgehead atoms. The molecule has 4 nitrogen and oxygen atoms in total. The standard InChI is InChI=1S/C29H43N3O/c1-2-3-4-5-6-7-8-9-10-11-12-13-14-15-19-22-29(33)32-27-23-24-28(30-25-27)31-26-20-17-16-18-21-26/h9-10,16-18,20-21,23-25H,2-8,11-15,19,22H2,1H3,(H,30,31)(H,32,33)/b10-9+. The first-order valence-electron chi connectivity index (χ1n) is 13.0. The van der Waals surface area contributed by atoms with Crippen molar-refractivity contribution in [1.29, 1.82) is 0 Å². The smallest absolute Gasteiger partial charge is 0.224 e. The van der Waals surface area contributed by atoms with E-state index in [4.69, 9.17) is 0 Å². The zero-order chi connectivity index (χ0) is 23.4. The van der Waals surface area contributed by atoms with E-state index in [1.807, 2.05) is 42.5 Å². The first kappa shape index (κ1) is 26.6. The molecule has 0 aliphatic rings. The summed E-state index contributed by atoms with van der Waals surface area (Å²) in [5.41, 5.74) is 1.73. The summed E-state index contributed by atoms with van der Waals surface area (Å²) in [5, 5.41) is 6.18. The molecule has 0 atom stereocenters. The Labute approximate surface area is 201 Å². The minimum atomic E-state index is 0.0678. The molecule has 0 radical (unpaired) electrons. The molecule has 2 N–H and O–H groups in total. The van der Waals surface area contributed by atoms with Gasteiger partial charge in [0.25, 0.3) is 0 Å². The Kier molecular flexibility index (Phi) is 14.4. The van der Waals surface area contributed by atoms with E-state index < -0.39 is 0 Å². The Morgan fingerprint density at radius 1 is 0.758 bits per heavy atom. The quantitative estimate of drug-likeness (QED) is 0.176. The number of rotatable bonds is 18. The van der Waals surface area contributed by atoms with Crippen molar-refractivity contribution in [2.45, 2.75) is 96.8 Å². The highest BCUT2D eigenvalue weighted by molar-refractivity contribution is 5.90. The van der Waals surface area contributed by atoms with E-state index in [0.717, 1.165) is 30.0 Å². The number of anilines is 3. The van der Waals surface area contributed by atoms with Crippen molar-refractivity contribution < 1.29 is 4.79 Å². The minimum Gasteiger partial charge on any atom is -0.340 e. The third-order valence-corrected chi connectivity index (χ3v) is 5.76. The number of amides is 1. The summed E-state index contributed by atoms with van der Waals surface area (Å²) >= 11 is 0. The van der Waals surface area contributed by atoms with Gasteiger partial charge in [0, 0.05) is 12.1 Å². The van der Waals surface area contributed by atoms with Crippen LogP contribution in [0.2, 0.25) is 0 Å². The van der Waals surface area contributed by atoms with Gasteiger partial charge in [-0.05, 0) is 56.4 Å². The molecule has 0 aliphatic carbocycles. The number of carbonyl (C=O) groups is 1. The monoisotopic (exact) mass is 449 g/mol. The average Bonchev–Trinajstić information content (AvgIpc) is 2.83. The maximum Gasteiger partial charge on any atom is 0.224 e. The fourth-order valence-electron chi connectivity index (χ4n) is 3.79. The van der Waals surface area contributed by atoms with E-state index in [2.05, 4.69) is 34.7 Å². The van der Waals surface area contributed by atoms with Crippen molar-refractivity contribution in [3.63, 3.8) is 0 Å². The van der Waals surface area contributed by atoms with Crippen LogP contribution in [0.25, 0.3) is 0 Å². The Balaban J connectivity index is 1.44. The van der Waals surface area contributed by atoms with E-state index in [9.17, 15) is 4.79 Å². The third-order valence-electron chi connectivity index (χ3n) is 5.76. The first-order chi connectivity index (χ1) is 16.3. The second-order valence-corrected chi connectivity index (χ2v) is 8.81. The first-order valence-corrected chi connectivity index (χ1v) is 13.0. The molecule has 2 aromatic rings. The Hall–Kier alpha value is -2.62. The van der Waals surface area contributed by atoms with Crippen molar-refractivity contribution in [2.75, 3.05) is 10.6 Å². The lowest BCUT2D eigenvalue weighted by Crippen LogP contribution is -2.11. The van der Waals surface area contributed by atoms with Gasteiger partial charge >= 0.3 is 0 Å². The van der Waals surface area contributed by atoms with Gasteiger partial charge in [0.15, 0.2) is 0 Å². The van der Waals surface area contributed by atoms with Gasteiger partial charge in [-0.3, -0.25) is 4.79 Å². The lowest BCUT2D eigenvalue weighted by atomic mass is 10.1. The molecule has 1 heterocycles. The number of allylic oxidation sites excluding steroid dienone is 2. The van der Waals surface area contributed by atoms with Crippen LogP contribution >= 0.6 is 0 Å². The van der Waals surface area contributed by atoms with Crippen LogP contribution in [0.15, 0.2) is 60.8 Å². The number of nitrogens with one attached hydrogen (secondary N) is 2. The number of benzene rings is 1. The summed E-state index contributed by atoms with van der Waals surface area (Å²) in [4.78, 5) is 16.5. The van der Waals surface area contributed by atoms with Crippen LogP contribution in [-0.2, 0) is 4.79 Å². The molecule has 0 aliphatic heterocycles. The van der Waals surface area contributed by atoms with Crippen LogP contribution in [0.1, 0.15) is 96.8 Å². The second kappa shape index (κ2) is 17.9. The molecule has 1 aromatic heterocycles. The molecule has 0 fully saturated rings. The molecule has 0 spiro atoms. The lowest BCUT2D eigenvalue weighted by Gasteiger charge is -2.08. The maximum atomic E-state index is 12.2. The largest absolute Gasteiger partial charge is 0.340 e. The van der Waals surface area contributed by atoms with E-state index in [0.29, 0.717) is 6.42 Å². The number of pyridine rings is 1. The molecule has 0 saturated carbocycles. The maximum absolute atomic E-state index is 12.2. The molecular formula is C29H43N3O. The highest BCUT2D eigenvalue weighted by Crippen LogP contribution is 2.16. The lowest BCUT2D eigenvalue weighted by molar-refractivity contribution is -0.116. The van der Waals surface area contributed by atoms with Crippen LogP contribution < -0.4 is 10.6 Å². The summed E-state index contributed by atoms with van der Waals surface area (Å²) in [5.74, 6) is 0.828. The van der Waals surface area contributed by atoms with Gasteiger partial charge in [0.2, 0.25) is 5.91 Å². The number of hydrogen-bond acceptors (Lipinski definition) is 3. The highest BCUT2D eigenvalue weighted by Gasteiger charge is 2.03. The zero-order valence-corrected chi connectivity index (χ0v) is 20.5. The number of unbranched alkanes of at least 4 members (excludes halogenated alkanes) is 11. The summed E-state index contributed by atoms with van der Waals surface area (Å²) in [6.45, 7) is 2.27. The molecule has 1 amide bonds. The highest BCUT2D eigenvalue weighted by atomic mass is 16.1. The molecule has 0 saturated heterocycles. The van der Waals surface area contributed by atoms with Gasteiger partial charge in [-0.2, -0.15) is 0 Å². The number of hydrogen-bond donors (Lipinski definition) is 2. The zero-order valence-electron chi connectivity index (χ0n) is 20.5. The van der Waals surface area contributed by atoms with Crippen molar-refractivity contribution in [2.24, 2.45) is 0 Å². The van der Waals surface area contributed by atoms with Gasteiger partial charge in [0.1, 0.15) is 5.82 Å². The summed E-state index contributed by atoms with van der Waals surface area (Å²) < 4.78 is 0. The van der Waals surface area contributed by atoms with Crippen molar-refractivity contribution in [3.05, 3.63) is 60.8 Å². The normalized spacial score (nSPS) is 11.1. The van der Waals surface area contributed by atoms with E-state index >= 15 is 0 Å². The fraction of sp³-hybridized carbons (Fsp3) is 0.517. The summed E-state index contributed by atoms with van der Waals surface area (Å²) in [6.07, 6.45) is 23.4. The Morgan fingerprint density at radius 3 is 2.03 bits per heavy atom. The van der Waals surface area contributed by atoms with Crippen LogP contribution in [0, 0.1) is 0 Å². The number of carbonyl (C=O) groups excluding carboxylic acids is 1. The van der Waals surface area contributed by atoms with Gasteiger partial charge in [-0.25, -0.2) is 4.98 Å². The van der Waals surface area contributed by atoms with Crippen LogP contribution in [0.3, 0.4) is 0 Å². The van der Waals surface area contributed by atoms with E-state index in [1.54, 1.807) is 6.20 Å². The molecule has 2 rings (SSSR count). The predicted molar refractivity (Wildman–Crippen MR) is 142 cm³/mol. The number of aromatic nitrogens is 1. The molecule has 33 heavy (non-hydrogen) atoms. The third kappa shape index (κ3) is 13.5. The minimum absolute atomic E-state index is 0.0678. The fourth-order valence-corrected chi connectivity index (χ4v) is 3.79. The molecular weight excluding hydrogens is 406 g/mol. The summed E-state index contributed by atoms with van der Waals surface area (Å²) in [6, 6.07) is 13.7. The Morgan fingerprint density at radius 2 is 1.39 bits per heavy atom. The predicted octanol–water partition coefficient (Wildman–Crippen LogP) is 8.80. The molecule has 180 valence electrons. The van der Waals surface area contributed by atoms with Crippen molar-refractivity contribution in [3.8, 4) is 0 Å².